The van der Waals surface area contributed by atoms with Crippen LogP contribution in [0.1, 0.15) is 9.88 Å². The van der Waals surface area contributed by atoms with Crippen LogP contribution in [0.15, 0.2) is 10.1 Å². The zero-order chi connectivity index (χ0) is 9.97. The summed E-state index contributed by atoms with van der Waals surface area (Å²) >= 11 is 6.42. The third-order valence-electron chi connectivity index (χ3n) is 1.48. The number of aryl methyl sites for hydroxylation is 1. The quantitative estimate of drug-likeness (QED) is 0.944. The first kappa shape index (κ1) is 10.0. The number of hydrogen-bond acceptors (Lipinski definition) is 6. The molecular weight excluding hydrogens is 284 g/mol. The molecule has 0 aliphatic carbocycles. The summed E-state index contributed by atoms with van der Waals surface area (Å²) in [6.07, 6.45) is 1.88. The van der Waals surface area contributed by atoms with Crippen molar-refractivity contribution < 1.29 is 0 Å². The minimum Gasteiger partial charge on any atom is -0.355 e. The van der Waals surface area contributed by atoms with E-state index in [1.807, 2.05) is 13.1 Å². The fourth-order valence-electron chi connectivity index (χ4n) is 0.927. The van der Waals surface area contributed by atoms with Crippen LogP contribution in [0.25, 0.3) is 0 Å². The Kier molecular flexibility index (Phi) is 3.09. The van der Waals surface area contributed by atoms with E-state index in [9.17, 15) is 0 Å². The van der Waals surface area contributed by atoms with Crippen molar-refractivity contribution in [2.24, 2.45) is 0 Å². The largest absolute Gasteiger partial charge is 0.355 e. The lowest BCUT2D eigenvalue weighted by atomic mass is 10.5. The summed E-state index contributed by atoms with van der Waals surface area (Å²) in [5.74, 6) is 0. The number of nitrogens with zero attached hydrogens (tertiary/aromatic N) is 3. The van der Waals surface area contributed by atoms with Gasteiger partial charge in [0.2, 0.25) is 5.13 Å². The molecule has 0 saturated heterocycles. The Morgan fingerprint density at radius 2 is 2.29 bits per heavy atom. The van der Waals surface area contributed by atoms with E-state index in [1.165, 1.54) is 16.2 Å². The molecule has 0 aliphatic heterocycles. The van der Waals surface area contributed by atoms with Crippen LogP contribution in [-0.2, 0) is 6.54 Å². The molecule has 0 atom stereocenters. The highest BCUT2D eigenvalue weighted by Crippen LogP contribution is 2.21. The first-order valence-electron chi connectivity index (χ1n) is 3.88. The van der Waals surface area contributed by atoms with Crippen molar-refractivity contribution in [3.8, 4) is 0 Å². The third-order valence-corrected chi connectivity index (χ3v) is 3.71. The Balaban J connectivity index is 1.94. The summed E-state index contributed by atoms with van der Waals surface area (Å²) in [5.41, 5.74) is 0. The second-order valence-electron chi connectivity index (χ2n) is 2.56. The summed E-state index contributed by atoms with van der Waals surface area (Å²) in [5, 5.41) is 12.9. The third kappa shape index (κ3) is 2.49. The molecule has 0 amide bonds. The Hall–Kier alpha value is -0.530. The number of anilines is 1. The van der Waals surface area contributed by atoms with Crippen LogP contribution in [0.2, 0.25) is 0 Å². The van der Waals surface area contributed by atoms with Crippen molar-refractivity contribution in [3.63, 3.8) is 0 Å². The molecule has 2 rings (SSSR count). The molecule has 2 heterocycles. The van der Waals surface area contributed by atoms with Crippen LogP contribution in [0, 0.1) is 6.92 Å². The minimum absolute atomic E-state index is 0.757. The molecule has 0 fully saturated rings. The van der Waals surface area contributed by atoms with E-state index >= 15 is 0 Å². The van der Waals surface area contributed by atoms with Gasteiger partial charge in [0, 0.05) is 11.1 Å². The zero-order valence-corrected chi connectivity index (χ0v) is 10.5. The number of nitrogens with one attached hydrogen (secondary N) is 1. The van der Waals surface area contributed by atoms with Crippen molar-refractivity contribution in [2.75, 3.05) is 5.32 Å². The molecule has 0 spiro atoms. The summed E-state index contributed by atoms with van der Waals surface area (Å²) < 4.78 is 0.792. The predicted molar refractivity (Wildman–Crippen MR) is 61.8 cm³/mol. The minimum atomic E-state index is 0.757. The van der Waals surface area contributed by atoms with Gasteiger partial charge in [0.15, 0.2) is 3.92 Å². The van der Waals surface area contributed by atoms with Crippen LogP contribution < -0.4 is 5.32 Å². The maximum absolute atomic E-state index is 4.17. The van der Waals surface area contributed by atoms with Crippen LogP contribution in [0.3, 0.4) is 0 Å². The topological polar surface area (TPSA) is 50.7 Å². The molecular formula is C7H7BrN4S2. The second-order valence-corrected chi connectivity index (χ2v) is 6.13. The van der Waals surface area contributed by atoms with E-state index in [4.69, 9.17) is 0 Å². The van der Waals surface area contributed by atoms with E-state index in [1.54, 1.807) is 11.3 Å². The number of aromatic nitrogens is 3. The molecule has 0 unspecified atom stereocenters. The van der Waals surface area contributed by atoms with Crippen LogP contribution >= 0.6 is 38.6 Å². The second kappa shape index (κ2) is 4.33. The monoisotopic (exact) mass is 290 g/mol. The van der Waals surface area contributed by atoms with E-state index < -0.39 is 0 Å². The predicted octanol–water partition coefficient (Wildman–Crippen LogP) is 2.68. The summed E-state index contributed by atoms with van der Waals surface area (Å²) in [7, 11) is 0. The average Bonchev–Trinajstić information content (AvgIpc) is 2.72. The summed E-state index contributed by atoms with van der Waals surface area (Å²) in [4.78, 5) is 5.37. The first-order valence-corrected chi connectivity index (χ1v) is 6.31. The van der Waals surface area contributed by atoms with Crippen molar-refractivity contribution in [1.82, 2.24) is 15.2 Å². The van der Waals surface area contributed by atoms with E-state index in [-0.39, 0.29) is 0 Å². The van der Waals surface area contributed by atoms with Gasteiger partial charge < -0.3 is 5.32 Å². The van der Waals surface area contributed by atoms with Gasteiger partial charge in [0.25, 0.3) is 0 Å². The number of thiazole rings is 1. The molecule has 0 aromatic carbocycles. The Bertz CT molecular complexity index is 385. The first-order chi connectivity index (χ1) is 6.74. The van der Waals surface area contributed by atoms with Crippen molar-refractivity contribution in [3.05, 3.63) is 20.0 Å². The molecule has 7 heteroatoms. The highest BCUT2D eigenvalue weighted by atomic mass is 79.9. The Labute approximate surface area is 97.5 Å². The zero-order valence-electron chi connectivity index (χ0n) is 7.32. The van der Waals surface area contributed by atoms with Crippen LogP contribution in [-0.4, -0.2) is 15.2 Å². The molecule has 2 aromatic heterocycles. The van der Waals surface area contributed by atoms with Crippen molar-refractivity contribution in [2.45, 2.75) is 13.5 Å². The standard InChI is InChI=1S/C7H7BrN4S2/c1-4-9-2-5(13-4)3-10-7-12-11-6(8)14-7/h2H,3H2,1H3,(H,10,12). The molecule has 1 N–H and O–H groups in total. The fourth-order valence-corrected chi connectivity index (χ4v) is 2.67. The fraction of sp³-hybridized carbons (Fsp3) is 0.286. The van der Waals surface area contributed by atoms with Gasteiger partial charge in [-0.1, -0.05) is 11.3 Å². The van der Waals surface area contributed by atoms with Gasteiger partial charge in [-0.2, -0.15) is 0 Å². The average molecular weight is 291 g/mol. The van der Waals surface area contributed by atoms with Crippen LogP contribution in [0.5, 0.6) is 0 Å². The molecule has 0 aliphatic rings. The number of hydrogen-bond donors (Lipinski definition) is 1. The van der Waals surface area contributed by atoms with Gasteiger partial charge in [-0.05, 0) is 22.9 Å². The number of rotatable bonds is 3. The van der Waals surface area contributed by atoms with Gasteiger partial charge in [-0.15, -0.1) is 21.5 Å². The van der Waals surface area contributed by atoms with Gasteiger partial charge in [0.05, 0.1) is 11.6 Å². The van der Waals surface area contributed by atoms with Crippen LogP contribution in [0.4, 0.5) is 5.13 Å². The van der Waals surface area contributed by atoms with E-state index in [0.29, 0.717) is 0 Å². The molecule has 74 valence electrons. The molecule has 14 heavy (non-hydrogen) atoms. The van der Waals surface area contributed by atoms with E-state index in [2.05, 4.69) is 36.4 Å². The Morgan fingerprint density at radius 1 is 1.43 bits per heavy atom. The lowest BCUT2D eigenvalue weighted by Crippen LogP contribution is -1.96. The SMILES string of the molecule is Cc1ncc(CNc2nnc(Br)s2)s1. The Morgan fingerprint density at radius 3 is 2.86 bits per heavy atom. The van der Waals surface area contributed by atoms with Crippen molar-refractivity contribution in [1.29, 1.82) is 0 Å². The highest BCUT2D eigenvalue weighted by Gasteiger charge is 2.02. The normalized spacial score (nSPS) is 10.4. The number of halogens is 1. The van der Waals surface area contributed by atoms with E-state index in [0.717, 1.165) is 20.6 Å². The molecule has 0 bridgehead atoms. The summed E-state index contributed by atoms with van der Waals surface area (Å²) in [6, 6.07) is 0. The lowest BCUT2D eigenvalue weighted by molar-refractivity contribution is 1.04. The van der Waals surface area contributed by atoms with Gasteiger partial charge in [0.1, 0.15) is 0 Å². The maximum atomic E-state index is 4.17. The van der Waals surface area contributed by atoms with Gasteiger partial charge >= 0.3 is 0 Å². The molecule has 2 aromatic rings. The maximum Gasteiger partial charge on any atom is 0.206 e. The van der Waals surface area contributed by atoms with Crippen molar-refractivity contribution >= 4 is 43.7 Å². The van der Waals surface area contributed by atoms with Gasteiger partial charge in [-0.25, -0.2) is 4.98 Å². The molecule has 4 nitrogen and oxygen atoms in total. The smallest absolute Gasteiger partial charge is 0.206 e. The highest BCUT2D eigenvalue weighted by molar-refractivity contribution is 9.11. The molecule has 0 saturated carbocycles. The summed E-state index contributed by atoms with van der Waals surface area (Å²) in [6.45, 7) is 2.75. The van der Waals surface area contributed by atoms with Gasteiger partial charge in [-0.3, -0.25) is 0 Å². The molecule has 0 radical (unpaired) electrons. The lowest BCUT2D eigenvalue weighted by Gasteiger charge is -1.96.